The fraction of sp³-hybridized carbons (Fsp3) is 0.588. The Morgan fingerprint density at radius 3 is 2.58 bits per heavy atom. The fourth-order valence-corrected chi connectivity index (χ4v) is 2.60. The van der Waals surface area contributed by atoms with Gasteiger partial charge in [-0.1, -0.05) is 6.07 Å². The number of carbonyl (C=O) groups excluding carboxylic acids is 1. The molecule has 7 heteroatoms. The minimum atomic E-state index is -2.83. The summed E-state index contributed by atoms with van der Waals surface area (Å²) in [5.41, 5.74) is 0.807. The fourth-order valence-electron chi connectivity index (χ4n) is 2.60. The highest BCUT2D eigenvalue weighted by molar-refractivity contribution is 5.82. The van der Waals surface area contributed by atoms with E-state index in [0.717, 1.165) is 5.56 Å². The van der Waals surface area contributed by atoms with Gasteiger partial charge >= 0.3 is 0 Å². The minimum Gasteiger partial charge on any atom is -0.493 e. The Hall–Kier alpha value is -1.89. The number of halogens is 2. The molecule has 0 bridgehead atoms. The van der Waals surface area contributed by atoms with Crippen molar-refractivity contribution in [3.63, 3.8) is 0 Å². The second kappa shape index (κ2) is 7.34. The van der Waals surface area contributed by atoms with Crippen LogP contribution in [0.1, 0.15) is 38.8 Å². The van der Waals surface area contributed by atoms with E-state index < -0.39 is 30.8 Å². The normalized spacial score (nSPS) is 20.7. The summed E-state index contributed by atoms with van der Waals surface area (Å²) in [4.78, 5) is 12.1. The van der Waals surface area contributed by atoms with Gasteiger partial charge in [-0.25, -0.2) is 8.78 Å². The molecular formula is C17H24F2N2O3. The SMILES string of the molecule is COc1cc(C(C)NC(=O)C2CC(F)(F)CN2)ccc1OC(C)C. The van der Waals surface area contributed by atoms with E-state index in [0.29, 0.717) is 11.5 Å². The van der Waals surface area contributed by atoms with Gasteiger partial charge in [0.25, 0.3) is 5.92 Å². The molecule has 1 aromatic rings. The van der Waals surface area contributed by atoms with Crippen LogP contribution < -0.4 is 20.1 Å². The first-order valence-electron chi connectivity index (χ1n) is 7.98. The lowest BCUT2D eigenvalue weighted by Crippen LogP contribution is -2.41. The van der Waals surface area contributed by atoms with Crippen molar-refractivity contribution in [3.05, 3.63) is 23.8 Å². The van der Waals surface area contributed by atoms with Crippen LogP contribution in [0.15, 0.2) is 18.2 Å². The van der Waals surface area contributed by atoms with Crippen LogP contribution in [0.2, 0.25) is 0 Å². The second-order valence-electron chi connectivity index (χ2n) is 6.30. The van der Waals surface area contributed by atoms with Crippen LogP contribution in [-0.4, -0.2) is 37.6 Å². The van der Waals surface area contributed by atoms with E-state index in [1.807, 2.05) is 19.9 Å². The third-order valence-corrected chi connectivity index (χ3v) is 3.84. The Labute approximate surface area is 140 Å². The van der Waals surface area contributed by atoms with Crippen molar-refractivity contribution in [2.45, 2.75) is 51.3 Å². The van der Waals surface area contributed by atoms with Gasteiger partial charge in [-0.3, -0.25) is 10.1 Å². The highest BCUT2D eigenvalue weighted by atomic mass is 19.3. The zero-order chi connectivity index (χ0) is 17.9. The van der Waals surface area contributed by atoms with Crippen LogP contribution in [0.5, 0.6) is 11.5 Å². The van der Waals surface area contributed by atoms with Crippen LogP contribution in [0.4, 0.5) is 8.78 Å². The van der Waals surface area contributed by atoms with Crippen LogP contribution in [0.3, 0.4) is 0 Å². The van der Waals surface area contributed by atoms with Crippen molar-refractivity contribution in [1.82, 2.24) is 10.6 Å². The molecular weight excluding hydrogens is 318 g/mol. The van der Waals surface area contributed by atoms with E-state index >= 15 is 0 Å². The third kappa shape index (κ3) is 4.56. The molecule has 1 heterocycles. The topological polar surface area (TPSA) is 59.6 Å². The number of hydrogen-bond acceptors (Lipinski definition) is 4. The van der Waals surface area contributed by atoms with Crippen molar-refractivity contribution >= 4 is 5.91 Å². The molecule has 2 N–H and O–H groups in total. The van der Waals surface area contributed by atoms with Crippen molar-refractivity contribution in [2.24, 2.45) is 0 Å². The van der Waals surface area contributed by atoms with Gasteiger partial charge in [0.2, 0.25) is 5.91 Å². The predicted molar refractivity (Wildman–Crippen MR) is 86.7 cm³/mol. The lowest BCUT2D eigenvalue weighted by atomic mass is 10.1. The van der Waals surface area contributed by atoms with Crippen LogP contribution in [0, 0.1) is 0 Å². The van der Waals surface area contributed by atoms with E-state index in [1.165, 1.54) is 0 Å². The van der Waals surface area contributed by atoms with Crippen molar-refractivity contribution in [1.29, 1.82) is 0 Å². The summed E-state index contributed by atoms with van der Waals surface area (Å²) in [6.45, 7) is 5.17. The molecule has 0 radical (unpaired) electrons. The molecule has 1 aliphatic heterocycles. The van der Waals surface area contributed by atoms with Gasteiger partial charge in [0.15, 0.2) is 11.5 Å². The average molecular weight is 342 g/mol. The van der Waals surface area contributed by atoms with E-state index in [1.54, 1.807) is 26.2 Å². The standard InChI is InChI=1S/C17H24F2N2O3/c1-10(2)24-14-6-5-12(7-15(14)23-4)11(3)21-16(22)13-8-17(18,19)9-20-13/h5-7,10-11,13,20H,8-9H2,1-4H3,(H,21,22). The maximum Gasteiger partial charge on any atom is 0.262 e. The second-order valence-corrected chi connectivity index (χ2v) is 6.30. The first kappa shape index (κ1) is 18.4. The van der Waals surface area contributed by atoms with Gasteiger partial charge in [-0.05, 0) is 38.5 Å². The smallest absolute Gasteiger partial charge is 0.262 e. The number of alkyl halides is 2. The van der Waals surface area contributed by atoms with Gasteiger partial charge in [-0.2, -0.15) is 0 Å². The molecule has 2 rings (SSSR count). The molecule has 24 heavy (non-hydrogen) atoms. The quantitative estimate of drug-likeness (QED) is 0.834. The number of benzene rings is 1. The van der Waals surface area contributed by atoms with Gasteiger partial charge in [0.1, 0.15) is 0 Å². The third-order valence-electron chi connectivity index (χ3n) is 3.84. The molecule has 1 saturated heterocycles. The Morgan fingerprint density at radius 1 is 1.33 bits per heavy atom. The first-order chi connectivity index (χ1) is 11.2. The molecule has 2 unspecified atom stereocenters. The summed E-state index contributed by atoms with van der Waals surface area (Å²) >= 11 is 0. The number of amides is 1. The van der Waals surface area contributed by atoms with Crippen molar-refractivity contribution in [2.75, 3.05) is 13.7 Å². The zero-order valence-corrected chi connectivity index (χ0v) is 14.4. The van der Waals surface area contributed by atoms with E-state index in [9.17, 15) is 13.6 Å². The summed E-state index contributed by atoms with van der Waals surface area (Å²) in [6.07, 6.45) is -0.465. The molecule has 1 aliphatic rings. The van der Waals surface area contributed by atoms with E-state index in [4.69, 9.17) is 9.47 Å². The molecule has 1 amide bonds. The number of rotatable bonds is 6. The highest BCUT2D eigenvalue weighted by Gasteiger charge is 2.42. The first-order valence-corrected chi connectivity index (χ1v) is 7.98. The molecule has 0 aromatic heterocycles. The van der Waals surface area contributed by atoms with Gasteiger partial charge < -0.3 is 14.8 Å². The summed E-state index contributed by atoms with van der Waals surface area (Å²) in [5.74, 6) is -2.08. The number of nitrogens with one attached hydrogen (secondary N) is 2. The summed E-state index contributed by atoms with van der Waals surface area (Å²) in [7, 11) is 1.54. The molecule has 134 valence electrons. The monoisotopic (exact) mass is 342 g/mol. The van der Waals surface area contributed by atoms with Gasteiger partial charge in [0, 0.05) is 6.42 Å². The highest BCUT2D eigenvalue weighted by Crippen LogP contribution is 2.31. The largest absolute Gasteiger partial charge is 0.493 e. The summed E-state index contributed by atoms with van der Waals surface area (Å²) in [5, 5.41) is 5.31. The van der Waals surface area contributed by atoms with Crippen LogP contribution in [0.25, 0.3) is 0 Å². The number of ether oxygens (including phenoxy) is 2. The van der Waals surface area contributed by atoms with E-state index in [2.05, 4.69) is 10.6 Å². The number of carbonyl (C=O) groups is 1. The van der Waals surface area contributed by atoms with Crippen LogP contribution in [-0.2, 0) is 4.79 Å². The van der Waals surface area contributed by atoms with Crippen molar-refractivity contribution < 1.29 is 23.0 Å². The number of hydrogen-bond donors (Lipinski definition) is 2. The minimum absolute atomic E-state index is 0.0111. The summed E-state index contributed by atoms with van der Waals surface area (Å²) in [6, 6.07) is 4.17. The number of methoxy groups -OCH3 is 1. The van der Waals surface area contributed by atoms with E-state index in [-0.39, 0.29) is 12.1 Å². The maximum absolute atomic E-state index is 13.2. The van der Waals surface area contributed by atoms with Crippen molar-refractivity contribution in [3.8, 4) is 11.5 Å². The Morgan fingerprint density at radius 2 is 2.04 bits per heavy atom. The molecule has 0 aliphatic carbocycles. The summed E-state index contributed by atoms with van der Waals surface area (Å²) < 4.78 is 37.3. The van der Waals surface area contributed by atoms with Crippen LogP contribution >= 0.6 is 0 Å². The zero-order valence-electron chi connectivity index (χ0n) is 14.4. The average Bonchev–Trinajstić information content (AvgIpc) is 2.87. The van der Waals surface area contributed by atoms with Gasteiger partial charge in [0.05, 0.1) is 31.8 Å². The molecule has 2 atom stereocenters. The lowest BCUT2D eigenvalue weighted by molar-refractivity contribution is -0.124. The molecule has 1 fully saturated rings. The molecule has 0 spiro atoms. The molecule has 0 saturated carbocycles. The van der Waals surface area contributed by atoms with Gasteiger partial charge in [-0.15, -0.1) is 0 Å². The predicted octanol–water partition coefficient (Wildman–Crippen LogP) is 2.66. The Bertz CT molecular complexity index is 593. The Kier molecular flexibility index (Phi) is 5.64. The Balaban J connectivity index is 2.04. The lowest BCUT2D eigenvalue weighted by Gasteiger charge is -2.20. The maximum atomic E-state index is 13.2. The molecule has 1 aromatic carbocycles. The molecule has 5 nitrogen and oxygen atoms in total.